The van der Waals surface area contributed by atoms with Crippen LogP contribution in [0.25, 0.3) is 0 Å². The van der Waals surface area contributed by atoms with Gasteiger partial charge >= 0.3 is 0 Å². The van der Waals surface area contributed by atoms with E-state index in [4.69, 9.17) is 22.6 Å². The molecule has 2 N–H and O–H groups in total. The molecule has 0 saturated carbocycles. The van der Waals surface area contributed by atoms with E-state index in [0.717, 1.165) is 0 Å². The highest BCUT2D eigenvalue weighted by Crippen LogP contribution is 2.26. The number of sulfone groups is 1. The zero-order chi connectivity index (χ0) is 14.0. The van der Waals surface area contributed by atoms with E-state index in [-0.39, 0.29) is 22.1 Å². The zero-order valence-electron chi connectivity index (χ0n) is 10.3. The average molecular weight is 287 g/mol. The number of hydrogen-bond acceptors (Lipinski definition) is 4. The Bertz CT molecular complexity index is 589. The molecule has 0 aliphatic rings. The molecule has 0 unspecified atom stereocenters. The van der Waals surface area contributed by atoms with Crippen LogP contribution in [0, 0.1) is 16.7 Å². The average Bonchev–Trinajstić information content (AvgIpc) is 2.30. The second-order valence-electron chi connectivity index (χ2n) is 4.75. The fourth-order valence-electron chi connectivity index (χ4n) is 1.26. The Morgan fingerprint density at radius 1 is 1.44 bits per heavy atom. The maximum absolute atomic E-state index is 12.0. The number of halogens is 1. The van der Waals surface area contributed by atoms with Gasteiger partial charge in [-0.05, 0) is 38.5 Å². The smallest absolute Gasteiger partial charge is 0.178 e. The molecule has 0 fully saturated rings. The van der Waals surface area contributed by atoms with Gasteiger partial charge < -0.3 is 5.73 Å². The summed E-state index contributed by atoms with van der Waals surface area (Å²) in [6, 6.07) is 6.30. The molecular weight excluding hydrogens is 272 g/mol. The monoisotopic (exact) mass is 286 g/mol. The van der Waals surface area contributed by atoms with E-state index in [2.05, 4.69) is 6.07 Å². The van der Waals surface area contributed by atoms with Crippen molar-refractivity contribution in [1.82, 2.24) is 0 Å². The van der Waals surface area contributed by atoms with Crippen molar-refractivity contribution in [3.8, 4) is 6.07 Å². The molecule has 0 saturated heterocycles. The fourth-order valence-corrected chi connectivity index (χ4v) is 3.10. The summed E-state index contributed by atoms with van der Waals surface area (Å²) in [5.41, 5.74) is 5.21. The van der Waals surface area contributed by atoms with Crippen LogP contribution in [0.15, 0.2) is 23.1 Å². The summed E-state index contributed by atoms with van der Waals surface area (Å²) in [4.78, 5) is 0.135. The van der Waals surface area contributed by atoms with Crippen molar-refractivity contribution < 1.29 is 8.42 Å². The maximum atomic E-state index is 12.0. The van der Waals surface area contributed by atoms with Crippen molar-refractivity contribution in [3.05, 3.63) is 23.2 Å². The van der Waals surface area contributed by atoms with Gasteiger partial charge in [0.05, 0.1) is 32.8 Å². The molecule has 6 heteroatoms. The Hall–Kier alpha value is -1.25. The topological polar surface area (TPSA) is 84.0 Å². The Balaban J connectivity index is 2.94. The van der Waals surface area contributed by atoms with E-state index in [1.165, 1.54) is 18.2 Å². The molecular formula is C12H15ClN2O2S. The minimum atomic E-state index is -3.43. The van der Waals surface area contributed by atoms with Gasteiger partial charge in [-0.1, -0.05) is 11.6 Å². The number of nitriles is 1. The Morgan fingerprint density at radius 3 is 2.56 bits per heavy atom. The standard InChI is InChI=1S/C12H15ClN2O2S/c1-12(2,8-14)5-6-18(16,17)9-3-4-11(15)10(13)7-9/h3-4,7H,5-6,15H2,1-2H3. The molecule has 0 aromatic heterocycles. The summed E-state index contributed by atoms with van der Waals surface area (Å²) < 4.78 is 24.1. The van der Waals surface area contributed by atoms with Gasteiger partial charge in [0.1, 0.15) is 0 Å². The molecule has 4 nitrogen and oxygen atoms in total. The van der Waals surface area contributed by atoms with Crippen molar-refractivity contribution in [3.63, 3.8) is 0 Å². The van der Waals surface area contributed by atoms with Gasteiger partial charge in [-0.2, -0.15) is 5.26 Å². The number of rotatable bonds is 4. The summed E-state index contributed by atoms with van der Waals surface area (Å²) in [5.74, 6) is -0.0895. The van der Waals surface area contributed by atoms with Crippen molar-refractivity contribution in [2.24, 2.45) is 5.41 Å². The number of nitrogen functional groups attached to an aromatic ring is 1. The first-order chi connectivity index (χ1) is 8.18. The van der Waals surface area contributed by atoms with Crippen molar-refractivity contribution in [2.45, 2.75) is 25.2 Å². The quantitative estimate of drug-likeness (QED) is 0.862. The third-order valence-electron chi connectivity index (χ3n) is 2.63. The fraction of sp³-hybridized carbons (Fsp3) is 0.417. The molecule has 1 rings (SSSR count). The zero-order valence-corrected chi connectivity index (χ0v) is 11.8. The van der Waals surface area contributed by atoms with Gasteiger partial charge in [0.2, 0.25) is 0 Å². The van der Waals surface area contributed by atoms with E-state index in [1.807, 2.05) is 0 Å². The lowest BCUT2D eigenvalue weighted by atomic mass is 9.93. The van der Waals surface area contributed by atoms with Gasteiger partial charge in [-0.25, -0.2) is 8.42 Å². The highest BCUT2D eigenvalue weighted by Gasteiger charge is 2.23. The number of nitrogens with two attached hydrogens (primary N) is 1. The van der Waals surface area contributed by atoms with Crippen LogP contribution in [0.2, 0.25) is 5.02 Å². The Labute approximate surface area is 112 Å². The number of nitrogens with zero attached hydrogens (tertiary/aromatic N) is 1. The lowest BCUT2D eigenvalue weighted by molar-refractivity contribution is 0.473. The molecule has 1 aromatic carbocycles. The van der Waals surface area contributed by atoms with Crippen molar-refractivity contribution in [1.29, 1.82) is 5.26 Å². The van der Waals surface area contributed by atoms with Crippen LogP contribution < -0.4 is 5.73 Å². The van der Waals surface area contributed by atoms with Crippen LogP contribution in [-0.2, 0) is 9.84 Å². The molecule has 1 aromatic rings. The first-order valence-electron chi connectivity index (χ1n) is 5.37. The number of hydrogen-bond donors (Lipinski definition) is 1. The van der Waals surface area contributed by atoms with Crippen LogP contribution >= 0.6 is 11.6 Å². The summed E-state index contributed by atoms with van der Waals surface area (Å²) in [6.45, 7) is 3.41. The summed E-state index contributed by atoms with van der Waals surface area (Å²) in [7, 11) is -3.43. The predicted octanol–water partition coefficient (Wildman–Crippen LogP) is 2.64. The minimum Gasteiger partial charge on any atom is -0.398 e. The first kappa shape index (κ1) is 14.8. The third-order valence-corrected chi connectivity index (χ3v) is 4.67. The molecule has 0 amide bonds. The third kappa shape index (κ3) is 3.62. The van der Waals surface area contributed by atoms with Crippen LogP contribution in [0.4, 0.5) is 5.69 Å². The molecule has 98 valence electrons. The molecule has 0 bridgehead atoms. The van der Waals surface area contributed by atoms with E-state index in [9.17, 15) is 8.42 Å². The molecule has 0 radical (unpaired) electrons. The van der Waals surface area contributed by atoms with Gasteiger partial charge in [-0.15, -0.1) is 0 Å². The largest absolute Gasteiger partial charge is 0.398 e. The molecule has 18 heavy (non-hydrogen) atoms. The number of anilines is 1. The van der Waals surface area contributed by atoms with Crippen LogP contribution in [0.5, 0.6) is 0 Å². The van der Waals surface area contributed by atoms with Crippen LogP contribution in [0.1, 0.15) is 20.3 Å². The Morgan fingerprint density at radius 2 is 2.06 bits per heavy atom. The van der Waals surface area contributed by atoms with Crippen LogP contribution in [0.3, 0.4) is 0 Å². The highest BCUT2D eigenvalue weighted by molar-refractivity contribution is 7.91. The molecule has 0 atom stereocenters. The van der Waals surface area contributed by atoms with Crippen LogP contribution in [-0.4, -0.2) is 14.2 Å². The van der Waals surface area contributed by atoms with E-state index >= 15 is 0 Å². The Kier molecular flexibility index (Phi) is 4.25. The molecule has 0 aliphatic carbocycles. The van der Waals surface area contributed by atoms with E-state index in [1.54, 1.807) is 13.8 Å². The number of benzene rings is 1. The second-order valence-corrected chi connectivity index (χ2v) is 7.26. The lowest BCUT2D eigenvalue weighted by Gasteiger charge is -2.14. The minimum absolute atomic E-state index is 0.0895. The van der Waals surface area contributed by atoms with Gasteiger partial charge in [0.25, 0.3) is 0 Å². The first-order valence-corrected chi connectivity index (χ1v) is 7.40. The molecule has 0 heterocycles. The van der Waals surface area contributed by atoms with Gasteiger partial charge in [0.15, 0.2) is 9.84 Å². The molecule has 0 aliphatic heterocycles. The van der Waals surface area contributed by atoms with Crippen molar-refractivity contribution in [2.75, 3.05) is 11.5 Å². The van der Waals surface area contributed by atoms with Gasteiger partial charge in [-0.3, -0.25) is 0 Å². The van der Waals surface area contributed by atoms with Gasteiger partial charge in [0, 0.05) is 0 Å². The highest BCUT2D eigenvalue weighted by atomic mass is 35.5. The maximum Gasteiger partial charge on any atom is 0.178 e. The second kappa shape index (κ2) is 5.17. The molecule has 0 spiro atoms. The lowest BCUT2D eigenvalue weighted by Crippen LogP contribution is -2.16. The van der Waals surface area contributed by atoms with E-state index in [0.29, 0.717) is 5.69 Å². The van der Waals surface area contributed by atoms with E-state index < -0.39 is 15.3 Å². The predicted molar refractivity (Wildman–Crippen MR) is 71.9 cm³/mol. The summed E-state index contributed by atoms with van der Waals surface area (Å²) in [6.07, 6.45) is 0.272. The van der Waals surface area contributed by atoms with Crippen molar-refractivity contribution >= 4 is 27.1 Å². The normalized spacial score (nSPS) is 12.1. The summed E-state index contributed by atoms with van der Waals surface area (Å²) >= 11 is 5.80. The summed E-state index contributed by atoms with van der Waals surface area (Å²) in [5, 5.41) is 9.08. The SMILES string of the molecule is CC(C)(C#N)CCS(=O)(=O)c1ccc(N)c(Cl)c1.